The number of carbonyl (C=O) groups excluding carboxylic acids is 1. The van der Waals surface area contributed by atoms with Crippen molar-refractivity contribution >= 4 is 21.7 Å². The van der Waals surface area contributed by atoms with Crippen LogP contribution in [0.1, 0.15) is 48.7 Å². The Bertz CT molecular complexity index is 429. The minimum absolute atomic E-state index is 0.00946. The highest BCUT2D eigenvalue weighted by Gasteiger charge is 2.26. The van der Waals surface area contributed by atoms with Crippen molar-refractivity contribution in [2.45, 2.75) is 43.9 Å². The lowest BCUT2D eigenvalue weighted by atomic mass is 9.82. The van der Waals surface area contributed by atoms with E-state index < -0.39 is 0 Å². The number of rotatable bonds is 0. The lowest BCUT2D eigenvalue weighted by Gasteiger charge is -2.24. The molecule has 1 aliphatic rings. The number of ketones is 1. The van der Waals surface area contributed by atoms with E-state index in [0.29, 0.717) is 0 Å². The molecule has 0 radical (unpaired) electrons. The van der Waals surface area contributed by atoms with Crippen molar-refractivity contribution in [1.29, 1.82) is 0 Å². The molecule has 0 saturated carbocycles. The number of benzene rings is 1. The van der Waals surface area contributed by atoms with Crippen LogP contribution < -0.4 is 0 Å². The lowest BCUT2D eigenvalue weighted by molar-refractivity contribution is 0.0981. The van der Waals surface area contributed by atoms with Gasteiger partial charge in [-0.2, -0.15) is 0 Å². The summed E-state index contributed by atoms with van der Waals surface area (Å²) in [7, 11) is 0. The van der Waals surface area contributed by atoms with Gasteiger partial charge in [0.1, 0.15) is 0 Å². The SMILES string of the molecule is CC(C)(C)c1ccc2c(c1)C(=O)C(Br)CC2. The van der Waals surface area contributed by atoms with Crippen LogP contribution in [-0.4, -0.2) is 10.6 Å². The van der Waals surface area contributed by atoms with E-state index in [4.69, 9.17) is 0 Å². The average Bonchev–Trinajstić information content (AvgIpc) is 2.22. The molecule has 0 saturated heterocycles. The Hall–Kier alpha value is -0.630. The average molecular weight is 281 g/mol. The fraction of sp³-hybridized carbons (Fsp3) is 0.500. The second-order valence-corrected chi connectivity index (χ2v) is 6.60. The molecule has 0 aromatic heterocycles. The third-order valence-electron chi connectivity index (χ3n) is 3.19. The standard InChI is InChI=1S/C14H17BrO/c1-14(2,3)10-6-4-9-5-7-12(15)13(16)11(9)8-10/h4,6,8,12H,5,7H2,1-3H3. The Morgan fingerprint density at radius 1 is 1.31 bits per heavy atom. The Morgan fingerprint density at radius 2 is 2.00 bits per heavy atom. The molecule has 0 bridgehead atoms. The minimum atomic E-state index is 0.00946. The van der Waals surface area contributed by atoms with Crippen LogP contribution in [0.5, 0.6) is 0 Å². The van der Waals surface area contributed by atoms with Gasteiger partial charge in [-0.05, 0) is 35.4 Å². The van der Waals surface area contributed by atoms with Crippen molar-refractivity contribution in [2.24, 2.45) is 0 Å². The predicted octanol–water partition coefficient (Wildman–Crippen LogP) is 3.88. The number of hydrogen-bond donors (Lipinski definition) is 0. The van der Waals surface area contributed by atoms with Crippen LogP contribution >= 0.6 is 15.9 Å². The van der Waals surface area contributed by atoms with Crippen LogP contribution in [0.3, 0.4) is 0 Å². The highest BCUT2D eigenvalue weighted by molar-refractivity contribution is 9.10. The number of fused-ring (bicyclic) bond motifs is 1. The number of alkyl halides is 1. The van der Waals surface area contributed by atoms with Gasteiger partial charge in [0.25, 0.3) is 0 Å². The molecular formula is C14H17BrO. The van der Waals surface area contributed by atoms with Gasteiger partial charge in [-0.1, -0.05) is 48.8 Å². The Morgan fingerprint density at radius 3 is 2.62 bits per heavy atom. The molecule has 0 spiro atoms. The molecule has 0 amide bonds. The fourth-order valence-corrected chi connectivity index (χ4v) is 2.55. The molecule has 2 heteroatoms. The first kappa shape index (κ1) is 11.8. The molecule has 0 N–H and O–H groups in total. The Balaban J connectivity index is 2.49. The number of halogens is 1. The lowest BCUT2D eigenvalue weighted by Crippen LogP contribution is -2.23. The van der Waals surface area contributed by atoms with Gasteiger partial charge >= 0.3 is 0 Å². The molecule has 1 aliphatic carbocycles. The van der Waals surface area contributed by atoms with E-state index in [1.807, 2.05) is 0 Å². The van der Waals surface area contributed by atoms with Crippen LogP contribution in [0.15, 0.2) is 18.2 Å². The summed E-state index contributed by atoms with van der Waals surface area (Å²) < 4.78 is 0. The normalized spacial score (nSPS) is 20.8. The maximum absolute atomic E-state index is 12.0. The van der Waals surface area contributed by atoms with Gasteiger partial charge in [-0.25, -0.2) is 0 Å². The van der Waals surface area contributed by atoms with Gasteiger partial charge in [0.05, 0.1) is 4.83 Å². The van der Waals surface area contributed by atoms with Crippen LogP contribution in [0, 0.1) is 0 Å². The largest absolute Gasteiger partial charge is 0.293 e. The van der Waals surface area contributed by atoms with Crippen molar-refractivity contribution < 1.29 is 4.79 Å². The molecule has 1 aromatic rings. The molecule has 0 heterocycles. The van der Waals surface area contributed by atoms with E-state index in [1.165, 1.54) is 11.1 Å². The van der Waals surface area contributed by atoms with Crippen molar-refractivity contribution in [1.82, 2.24) is 0 Å². The smallest absolute Gasteiger partial charge is 0.176 e. The third kappa shape index (κ3) is 2.08. The van der Waals surface area contributed by atoms with Crippen molar-refractivity contribution in [2.75, 3.05) is 0 Å². The quantitative estimate of drug-likeness (QED) is 0.660. The van der Waals surface area contributed by atoms with E-state index in [1.54, 1.807) is 0 Å². The number of Topliss-reactive ketones (excluding diaryl/α,β-unsaturated/α-hetero) is 1. The molecule has 1 aromatic carbocycles. The molecular weight excluding hydrogens is 264 g/mol. The van der Waals surface area contributed by atoms with Gasteiger partial charge in [0, 0.05) is 5.56 Å². The van der Waals surface area contributed by atoms with Crippen molar-refractivity contribution in [3.8, 4) is 0 Å². The van der Waals surface area contributed by atoms with Gasteiger partial charge in [0.15, 0.2) is 5.78 Å². The monoisotopic (exact) mass is 280 g/mol. The second-order valence-electron chi connectivity index (χ2n) is 5.49. The predicted molar refractivity (Wildman–Crippen MR) is 70.5 cm³/mol. The summed E-state index contributed by atoms with van der Waals surface area (Å²) in [6, 6.07) is 6.35. The Kier molecular flexibility index (Phi) is 2.95. The summed E-state index contributed by atoms with van der Waals surface area (Å²) in [6.45, 7) is 6.52. The third-order valence-corrected chi connectivity index (χ3v) is 4.07. The van der Waals surface area contributed by atoms with E-state index in [9.17, 15) is 4.79 Å². The van der Waals surface area contributed by atoms with Gasteiger partial charge in [-0.3, -0.25) is 4.79 Å². The molecule has 1 atom stereocenters. The van der Waals surface area contributed by atoms with Crippen LogP contribution in [0.4, 0.5) is 0 Å². The first-order chi connectivity index (χ1) is 7.39. The first-order valence-corrected chi connectivity index (χ1v) is 6.63. The zero-order valence-electron chi connectivity index (χ0n) is 10.0. The number of aryl methyl sites for hydroxylation is 1. The summed E-state index contributed by atoms with van der Waals surface area (Å²) in [5.74, 6) is 0.243. The van der Waals surface area contributed by atoms with Gasteiger partial charge < -0.3 is 0 Å². The van der Waals surface area contributed by atoms with Crippen LogP contribution in [-0.2, 0) is 11.8 Å². The summed E-state index contributed by atoms with van der Waals surface area (Å²) in [4.78, 5) is 12.1. The van der Waals surface area contributed by atoms with E-state index in [0.717, 1.165) is 18.4 Å². The van der Waals surface area contributed by atoms with Crippen LogP contribution in [0.2, 0.25) is 0 Å². The molecule has 0 aliphatic heterocycles. The highest BCUT2D eigenvalue weighted by Crippen LogP contribution is 2.30. The first-order valence-electron chi connectivity index (χ1n) is 5.71. The Labute approximate surface area is 105 Å². The number of hydrogen-bond acceptors (Lipinski definition) is 1. The molecule has 2 rings (SSSR count). The molecule has 16 heavy (non-hydrogen) atoms. The molecule has 86 valence electrons. The van der Waals surface area contributed by atoms with E-state index in [-0.39, 0.29) is 16.0 Å². The number of carbonyl (C=O) groups is 1. The van der Waals surface area contributed by atoms with Crippen molar-refractivity contribution in [3.63, 3.8) is 0 Å². The zero-order valence-corrected chi connectivity index (χ0v) is 11.6. The van der Waals surface area contributed by atoms with Crippen LogP contribution in [0.25, 0.3) is 0 Å². The summed E-state index contributed by atoms with van der Waals surface area (Å²) in [6.07, 6.45) is 1.92. The van der Waals surface area contributed by atoms with Gasteiger partial charge in [-0.15, -0.1) is 0 Å². The van der Waals surface area contributed by atoms with E-state index in [2.05, 4.69) is 54.9 Å². The molecule has 1 unspecified atom stereocenters. The summed E-state index contributed by atoms with van der Waals surface area (Å²) in [5.41, 5.74) is 3.46. The van der Waals surface area contributed by atoms with Crippen molar-refractivity contribution in [3.05, 3.63) is 34.9 Å². The fourth-order valence-electron chi connectivity index (χ4n) is 2.07. The summed E-state index contributed by atoms with van der Waals surface area (Å²) in [5, 5.41) is 0. The topological polar surface area (TPSA) is 17.1 Å². The maximum atomic E-state index is 12.0. The second kappa shape index (κ2) is 3.99. The van der Waals surface area contributed by atoms with E-state index >= 15 is 0 Å². The minimum Gasteiger partial charge on any atom is -0.293 e. The zero-order chi connectivity index (χ0) is 11.9. The summed E-state index contributed by atoms with van der Waals surface area (Å²) >= 11 is 3.45. The highest BCUT2D eigenvalue weighted by atomic mass is 79.9. The van der Waals surface area contributed by atoms with Gasteiger partial charge in [0.2, 0.25) is 0 Å². The molecule has 0 fully saturated rings. The maximum Gasteiger partial charge on any atom is 0.176 e. The molecule has 1 nitrogen and oxygen atoms in total.